The quantitative estimate of drug-likeness (QED) is 0.592. The highest BCUT2D eigenvalue weighted by Crippen LogP contribution is 2.16. The second-order valence-electron chi connectivity index (χ2n) is 3.57. The maximum absolute atomic E-state index is 12.1. The van der Waals surface area contributed by atoms with E-state index in [1.165, 1.54) is 4.90 Å². The number of alkyl halides is 3. The first-order valence-corrected chi connectivity index (χ1v) is 5.46. The highest BCUT2D eigenvalue weighted by Gasteiger charge is 2.30. The van der Waals surface area contributed by atoms with Crippen molar-refractivity contribution in [2.45, 2.75) is 12.6 Å². The fraction of sp³-hybridized carbons (Fsp3) is 1.00. The third kappa shape index (κ3) is 11.9. The molecule has 0 aliphatic rings. The van der Waals surface area contributed by atoms with Gasteiger partial charge in [0.15, 0.2) is 0 Å². The van der Waals surface area contributed by atoms with Crippen LogP contribution in [0.25, 0.3) is 0 Å². The predicted octanol–water partition coefficient (Wildman–Crippen LogP) is 0.896. The first-order valence-electron chi connectivity index (χ1n) is 5.46. The zero-order valence-electron chi connectivity index (χ0n) is 10.0. The third-order valence-corrected chi connectivity index (χ3v) is 2.01. The Morgan fingerprint density at radius 1 is 1.12 bits per heavy atom. The smallest absolute Gasteiger partial charge is 0.395 e. The lowest BCUT2D eigenvalue weighted by Crippen LogP contribution is -2.37. The Bertz CT molecular complexity index is 179. The van der Waals surface area contributed by atoms with Crippen molar-refractivity contribution in [1.29, 1.82) is 0 Å². The molecule has 0 radical (unpaired) electrons. The second-order valence-corrected chi connectivity index (χ2v) is 3.57. The Morgan fingerprint density at radius 2 is 1.82 bits per heavy atom. The summed E-state index contributed by atoms with van der Waals surface area (Å²) in [6.45, 7) is 0.318. The van der Waals surface area contributed by atoms with E-state index in [-0.39, 0.29) is 19.7 Å². The van der Waals surface area contributed by atoms with Gasteiger partial charge in [-0.2, -0.15) is 13.2 Å². The Balaban J connectivity index is 3.63. The number of hydrogen-bond donors (Lipinski definition) is 1. The van der Waals surface area contributed by atoms with Gasteiger partial charge in [-0.15, -0.1) is 0 Å². The Labute approximate surface area is 99.3 Å². The molecule has 0 saturated heterocycles. The topological polar surface area (TPSA) is 41.9 Å². The van der Waals surface area contributed by atoms with E-state index in [4.69, 9.17) is 14.6 Å². The highest BCUT2D eigenvalue weighted by molar-refractivity contribution is 4.62. The fourth-order valence-electron chi connectivity index (χ4n) is 1.30. The number of aliphatic hydroxyl groups excluding tert-OH is 1. The maximum atomic E-state index is 12.1. The average Bonchev–Trinajstić information content (AvgIpc) is 2.21. The van der Waals surface area contributed by atoms with Crippen LogP contribution in [0.4, 0.5) is 13.2 Å². The van der Waals surface area contributed by atoms with Gasteiger partial charge in [0.25, 0.3) is 0 Å². The number of nitrogens with zero attached hydrogens (tertiary/aromatic N) is 1. The minimum atomic E-state index is -4.23. The van der Waals surface area contributed by atoms with Gasteiger partial charge >= 0.3 is 6.18 Å². The first-order chi connectivity index (χ1) is 7.99. The minimum Gasteiger partial charge on any atom is -0.395 e. The molecule has 0 aromatic carbocycles. The van der Waals surface area contributed by atoms with Crippen LogP contribution >= 0.6 is 0 Å². The molecule has 0 aliphatic carbocycles. The van der Waals surface area contributed by atoms with E-state index in [1.807, 2.05) is 0 Å². The molecule has 0 spiro atoms. The van der Waals surface area contributed by atoms with Crippen LogP contribution in [0.5, 0.6) is 0 Å². The molecule has 0 fully saturated rings. The van der Waals surface area contributed by atoms with E-state index in [0.717, 1.165) is 0 Å². The average molecular weight is 259 g/mol. The molecule has 0 aromatic rings. The molecular weight excluding hydrogens is 239 g/mol. The van der Waals surface area contributed by atoms with Crippen molar-refractivity contribution < 1.29 is 27.8 Å². The van der Waals surface area contributed by atoms with Crippen LogP contribution in [-0.4, -0.2) is 69.4 Å². The number of hydrogen-bond acceptors (Lipinski definition) is 4. The lowest BCUT2D eigenvalue weighted by Gasteiger charge is -2.22. The first kappa shape index (κ1) is 16.6. The Kier molecular flexibility index (Phi) is 9.43. The van der Waals surface area contributed by atoms with Crippen LogP contribution in [0.2, 0.25) is 0 Å². The van der Waals surface area contributed by atoms with Crippen LogP contribution in [-0.2, 0) is 9.47 Å². The highest BCUT2D eigenvalue weighted by atomic mass is 19.4. The van der Waals surface area contributed by atoms with Gasteiger partial charge in [0, 0.05) is 26.8 Å². The standard InChI is InChI=1S/C10H20F3NO3/c1-16-7-8-17-6-2-3-14(4-5-15)9-10(11,12)13/h15H,2-9H2,1H3. The summed E-state index contributed by atoms with van der Waals surface area (Å²) >= 11 is 0. The van der Waals surface area contributed by atoms with Crippen LogP contribution in [0.1, 0.15) is 6.42 Å². The monoisotopic (exact) mass is 259 g/mol. The summed E-state index contributed by atoms with van der Waals surface area (Å²) in [4.78, 5) is 1.17. The van der Waals surface area contributed by atoms with Crippen molar-refractivity contribution >= 4 is 0 Å². The molecule has 0 amide bonds. The van der Waals surface area contributed by atoms with Gasteiger partial charge < -0.3 is 14.6 Å². The summed E-state index contributed by atoms with van der Waals surface area (Å²) in [7, 11) is 1.55. The summed E-state index contributed by atoms with van der Waals surface area (Å²) in [6, 6.07) is 0. The molecule has 0 bridgehead atoms. The number of aliphatic hydroxyl groups is 1. The van der Waals surface area contributed by atoms with Crippen LogP contribution in [0.15, 0.2) is 0 Å². The van der Waals surface area contributed by atoms with E-state index in [0.29, 0.717) is 26.2 Å². The molecule has 0 atom stereocenters. The molecule has 0 unspecified atom stereocenters. The third-order valence-electron chi connectivity index (χ3n) is 2.01. The van der Waals surface area contributed by atoms with E-state index < -0.39 is 12.7 Å². The van der Waals surface area contributed by atoms with Crippen molar-refractivity contribution in [1.82, 2.24) is 4.90 Å². The SMILES string of the molecule is COCCOCCCN(CCO)CC(F)(F)F. The number of ether oxygens (including phenoxy) is 2. The molecule has 0 aliphatic heterocycles. The molecule has 0 rings (SSSR count). The molecule has 4 nitrogen and oxygen atoms in total. The summed E-state index contributed by atoms with van der Waals surface area (Å²) in [5.41, 5.74) is 0. The molecule has 104 valence electrons. The largest absolute Gasteiger partial charge is 0.401 e. The molecule has 0 heterocycles. The molecule has 0 saturated carbocycles. The number of methoxy groups -OCH3 is 1. The maximum Gasteiger partial charge on any atom is 0.401 e. The lowest BCUT2D eigenvalue weighted by molar-refractivity contribution is -0.147. The van der Waals surface area contributed by atoms with E-state index in [2.05, 4.69) is 0 Å². The number of rotatable bonds is 10. The van der Waals surface area contributed by atoms with Gasteiger partial charge in [-0.3, -0.25) is 4.90 Å². The van der Waals surface area contributed by atoms with E-state index in [9.17, 15) is 13.2 Å². The van der Waals surface area contributed by atoms with Gasteiger partial charge in [-0.1, -0.05) is 0 Å². The van der Waals surface area contributed by atoms with E-state index >= 15 is 0 Å². The Morgan fingerprint density at radius 3 is 2.35 bits per heavy atom. The minimum absolute atomic E-state index is 0.0254. The summed E-state index contributed by atoms with van der Waals surface area (Å²) in [5.74, 6) is 0. The normalized spacial score (nSPS) is 12.4. The summed E-state index contributed by atoms with van der Waals surface area (Å²) in [6.07, 6.45) is -3.73. The predicted molar refractivity (Wildman–Crippen MR) is 56.9 cm³/mol. The van der Waals surface area contributed by atoms with Crippen LogP contribution in [0, 0.1) is 0 Å². The van der Waals surface area contributed by atoms with E-state index in [1.54, 1.807) is 7.11 Å². The van der Waals surface area contributed by atoms with Crippen molar-refractivity contribution in [3.05, 3.63) is 0 Å². The van der Waals surface area contributed by atoms with Gasteiger partial charge in [-0.25, -0.2) is 0 Å². The van der Waals surface area contributed by atoms with Gasteiger partial charge in [0.05, 0.1) is 26.4 Å². The van der Waals surface area contributed by atoms with Crippen molar-refractivity contribution in [2.75, 3.05) is 53.2 Å². The Hall–Kier alpha value is -0.370. The lowest BCUT2D eigenvalue weighted by atomic mass is 10.3. The molecule has 0 aromatic heterocycles. The zero-order valence-corrected chi connectivity index (χ0v) is 10.0. The van der Waals surface area contributed by atoms with Crippen molar-refractivity contribution in [3.8, 4) is 0 Å². The van der Waals surface area contributed by atoms with Crippen LogP contribution in [0.3, 0.4) is 0 Å². The zero-order chi connectivity index (χ0) is 13.1. The summed E-state index contributed by atoms with van der Waals surface area (Å²) in [5, 5.41) is 8.65. The number of halogens is 3. The molecule has 17 heavy (non-hydrogen) atoms. The molecular formula is C10H20F3NO3. The van der Waals surface area contributed by atoms with Gasteiger partial charge in [-0.05, 0) is 6.42 Å². The summed E-state index contributed by atoms with van der Waals surface area (Å²) < 4.78 is 46.3. The van der Waals surface area contributed by atoms with Gasteiger partial charge in [0.2, 0.25) is 0 Å². The van der Waals surface area contributed by atoms with Crippen molar-refractivity contribution in [2.24, 2.45) is 0 Å². The fourth-order valence-corrected chi connectivity index (χ4v) is 1.30. The molecule has 7 heteroatoms. The van der Waals surface area contributed by atoms with Crippen molar-refractivity contribution in [3.63, 3.8) is 0 Å². The van der Waals surface area contributed by atoms with Gasteiger partial charge in [0.1, 0.15) is 0 Å². The molecule has 1 N–H and O–H groups in total. The second kappa shape index (κ2) is 9.64. The van der Waals surface area contributed by atoms with Crippen LogP contribution < -0.4 is 0 Å².